The van der Waals surface area contributed by atoms with Crippen LogP contribution in [0.4, 0.5) is 0 Å². The van der Waals surface area contributed by atoms with E-state index in [-0.39, 0.29) is 11.9 Å². The van der Waals surface area contributed by atoms with Crippen molar-refractivity contribution in [2.75, 3.05) is 19.6 Å². The number of fused-ring (bicyclic) bond motifs is 1. The number of halogens is 2. The molecule has 5 nitrogen and oxygen atoms in total. The molecule has 1 aliphatic heterocycles. The molecule has 0 radical (unpaired) electrons. The van der Waals surface area contributed by atoms with E-state index in [1.54, 1.807) is 12.1 Å². The first-order valence-electron chi connectivity index (χ1n) is 8.64. The Hall–Kier alpha value is -1.56. The van der Waals surface area contributed by atoms with Crippen molar-refractivity contribution in [3.63, 3.8) is 0 Å². The lowest BCUT2D eigenvalue weighted by Gasteiger charge is -2.33. The van der Waals surface area contributed by atoms with Gasteiger partial charge in [0.05, 0.1) is 10.7 Å². The van der Waals surface area contributed by atoms with Crippen molar-refractivity contribution in [2.45, 2.75) is 32.2 Å². The molecule has 2 heterocycles. The Labute approximate surface area is 156 Å². The smallest absolute Gasteiger partial charge is 0.274 e. The molecule has 1 fully saturated rings. The van der Waals surface area contributed by atoms with Crippen molar-refractivity contribution in [3.8, 4) is 5.69 Å². The fraction of sp³-hybridized carbons (Fsp3) is 0.444. The van der Waals surface area contributed by atoms with Crippen LogP contribution in [0.25, 0.3) is 5.69 Å². The maximum atomic E-state index is 13.1. The number of nitrogens with zero attached hydrogens (tertiary/aromatic N) is 3. The number of piperazine rings is 1. The van der Waals surface area contributed by atoms with Gasteiger partial charge in [-0.3, -0.25) is 4.79 Å². The minimum Gasteiger partial charge on any atom is -0.332 e. The fourth-order valence-corrected chi connectivity index (χ4v) is 4.23. The number of hydrogen-bond donors (Lipinski definition) is 1. The van der Waals surface area contributed by atoms with Gasteiger partial charge in [0.1, 0.15) is 0 Å². The van der Waals surface area contributed by atoms with Crippen LogP contribution >= 0.6 is 23.2 Å². The minimum atomic E-state index is 0.0241. The van der Waals surface area contributed by atoms with Crippen molar-refractivity contribution in [2.24, 2.45) is 0 Å². The van der Waals surface area contributed by atoms with E-state index in [2.05, 4.69) is 17.3 Å². The van der Waals surface area contributed by atoms with Gasteiger partial charge in [0.2, 0.25) is 0 Å². The molecule has 1 saturated heterocycles. The Morgan fingerprint density at radius 2 is 2.16 bits per heavy atom. The molecule has 0 spiro atoms. The zero-order valence-electron chi connectivity index (χ0n) is 14.1. The van der Waals surface area contributed by atoms with Gasteiger partial charge in [0.25, 0.3) is 5.91 Å². The van der Waals surface area contributed by atoms with E-state index in [4.69, 9.17) is 23.2 Å². The Bertz CT molecular complexity index is 833. The number of amides is 1. The topological polar surface area (TPSA) is 50.2 Å². The van der Waals surface area contributed by atoms with Crippen molar-refractivity contribution in [1.29, 1.82) is 0 Å². The second-order valence-electron chi connectivity index (χ2n) is 6.69. The molecule has 1 N–H and O–H groups in total. The molecule has 0 unspecified atom stereocenters. The van der Waals surface area contributed by atoms with E-state index in [9.17, 15) is 4.79 Å². The fourth-order valence-electron chi connectivity index (χ4n) is 3.74. The van der Waals surface area contributed by atoms with Crippen molar-refractivity contribution < 1.29 is 4.79 Å². The summed E-state index contributed by atoms with van der Waals surface area (Å²) >= 11 is 12.4. The molecule has 4 rings (SSSR count). The van der Waals surface area contributed by atoms with E-state index in [0.717, 1.165) is 49.3 Å². The predicted molar refractivity (Wildman–Crippen MR) is 99.0 cm³/mol. The van der Waals surface area contributed by atoms with Crippen LogP contribution in [0, 0.1) is 0 Å². The van der Waals surface area contributed by atoms with Gasteiger partial charge in [-0.15, -0.1) is 0 Å². The normalized spacial score (nSPS) is 20.0. The van der Waals surface area contributed by atoms with Crippen molar-refractivity contribution >= 4 is 29.1 Å². The van der Waals surface area contributed by atoms with Crippen LogP contribution in [0.1, 0.15) is 35.1 Å². The summed E-state index contributed by atoms with van der Waals surface area (Å²) in [5, 5.41) is 9.12. The number of rotatable bonds is 2. The molecule has 132 valence electrons. The molecular formula is C18H20Cl2N4O. The number of hydrogen-bond acceptors (Lipinski definition) is 3. The average molecular weight is 379 g/mol. The monoisotopic (exact) mass is 378 g/mol. The third-order valence-corrected chi connectivity index (χ3v) is 5.57. The highest BCUT2D eigenvalue weighted by molar-refractivity contribution is 6.35. The van der Waals surface area contributed by atoms with Gasteiger partial charge < -0.3 is 10.2 Å². The maximum absolute atomic E-state index is 13.1. The zero-order chi connectivity index (χ0) is 17.6. The summed E-state index contributed by atoms with van der Waals surface area (Å²) in [5.41, 5.74) is 3.51. The van der Waals surface area contributed by atoms with Gasteiger partial charge in [0.15, 0.2) is 5.69 Å². The highest BCUT2D eigenvalue weighted by atomic mass is 35.5. The summed E-state index contributed by atoms with van der Waals surface area (Å²) in [5.74, 6) is 0.0241. The molecule has 1 atom stereocenters. The largest absolute Gasteiger partial charge is 0.332 e. The van der Waals surface area contributed by atoms with Gasteiger partial charge >= 0.3 is 0 Å². The van der Waals surface area contributed by atoms with Crippen LogP contribution < -0.4 is 5.32 Å². The van der Waals surface area contributed by atoms with Gasteiger partial charge in [-0.1, -0.05) is 23.2 Å². The van der Waals surface area contributed by atoms with Gasteiger partial charge in [-0.2, -0.15) is 5.10 Å². The quantitative estimate of drug-likeness (QED) is 0.873. The van der Waals surface area contributed by atoms with Gasteiger partial charge in [0, 0.05) is 42.0 Å². The third-order valence-electron chi connectivity index (χ3n) is 5.03. The third kappa shape index (κ3) is 2.94. The van der Waals surface area contributed by atoms with Crippen LogP contribution in [0.5, 0.6) is 0 Å². The molecule has 2 aliphatic rings. The lowest BCUT2D eigenvalue weighted by molar-refractivity contribution is 0.0648. The Morgan fingerprint density at radius 3 is 2.92 bits per heavy atom. The molecule has 0 bridgehead atoms. The molecule has 25 heavy (non-hydrogen) atoms. The van der Waals surface area contributed by atoms with Crippen LogP contribution in [0.3, 0.4) is 0 Å². The first-order valence-corrected chi connectivity index (χ1v) is 9.39. The molecule has 2 aromatic rings. The second-order valence-corrected chi connectivity index (χ2v) is 7.53. The summed E-state index contributed by atoms with van der Waals surface area (Å²) in [6, 6.07) is 5.54. The first-order chi connectivity index (χ1) is 12.1. The first kappa shape index (κ1) is 16.9. The molecule has 1 aromatic carbocycles. The highest BCUT2D eigenvalue weighted by Gasteiger charge is 2.32. The van der Waals surface area contributed by atoms with Crippen molar-refractivity contribution in [3.05, 3.63) is 45.2 Å². The molecular weight excluding hydrogens is 359 g/mol. The Morgan fingerprint density at radius 1 is 1.32 bits per heavy atom. The van der Waals surface area contributed by atoms with E-state index < -0.39 is 0 Å². The second kappa shape index (κ2) is 6.63. The van der Waals surface area contributed by atoms with E-state index in [1.165, 1.54) is 0 Å². The lowest BCUT2D eigenvalue weighted by Crippen LogP contribution is -2.52. The molecule has 7 heteroatoms. The van der Waals surface area contributed by atoms with Gasteiger partial charge in [-0.05, 0) is 44.4 Å². The predicted octanol–water partition coefficient (Wildman–Crippen LogP) is 3.10. The highest BCUT2D eigenvalue weighted by Crippen LogP contribution is 2.32. The maximum Gasteiger partial charge on any atom is 0.274 e. The minimum absolute atomic E-state index is 0.0241. The number of benzene rings is 1. The number of nitrogens with one attached hydrogen (secondary N) is 1. The molecule has 1 aromatic heterocycles. The molecule has 0 saturated carbocycles. The van der Waals surface area contributed by atoms with E-state index in [1.807, 2.05) is 15.6 Å². The Kier molecular flexibility index (Phi) is 4.48. The summed E-state index contributed by atoms with van der Waals surface area (Å²) < 4.78 is 1.83. The number of carbonyl (C=O) groups excluding carboxylic acids is 1. The van der Waals surface area contributed by atoms with Gasteiger partial charge in [-0.25, -0.2) is 4.68 Å². The lowest BCUT2D eigenvalue weighted by atomic mass is 10.1. The van der Waals surface area contributed by atoms with Crippen LogP contribution in [-0.2, 0) is 12.8 Å². The number of carbonyl (C=O) groups is 1. The van der Waals surface area contributed by atoms with Crippen molar-refractivity contribution in [1.82, 2.24) is 20.0 Å². The zero-order valence-corrected chi connectivity index (χ0v) is 15.6. The Balaban J connectivity index is 1.76. The SMILES string of the molecule is C[C@H]1CNCCN1C(=O)c1nn(-c2ccc(Cl)cc2Cl)c2c1CCC2. The summed E-state index contributed by atoms with van der Waals surface area (Å²) in [7, 11) is 0. The van der Waals surface area contributed by atoms with E-state index >= 15 is 0 Å². The molecule has 1 amide bonds. The average Bonchev–Trinajstić information content (AvgIpc) is 3.18. The summed E-state index contributed by atoms with van der Waals surface area (Å²) in [4.78, 5) is 15.0. The standard InChI is InChI=1S/C18H20Cl2N4O/c1-11-10-21-7-8-23(11)18(25)17-13-3-2-4-15(13)24(22-17)16-6-5-12(19)9-14(16)20/h5-6,9,11,21H,2-4,7-8,10H2,1H3/t11-/m0/s1. The van der Waals surface area contributed by atoms with Crippen LogP contribution in [0.2, 0.25) is 10.0 Å². The summed E-state index contributed by atoms with van der Waals surface area (Å²) in [6.07, 6.45) is 2.84. The van der Waals surface area contributed by atoms with Crippen LogP contribution in [0.15, 0.2) is 18.2 Å². The number of aromatic nitrogens is 2. The summed E-state index contributed by atoms with van der Waals surface area (Å²) in [6.45, 7) is 4.42. The van der Waals surface area contributed by atoms with E-state index in [0.29, 0.717) is 22.3 Å². The van der Waals surface area contributed by atoms with Crippen LogP contribution in [-0.4, -0.2) is 46.3 Å². The molecule has 1 aliphatic carbocycles.